The molecule has 1 atom stereocenters. The van der Waals surface area contributed by atoms with Gasteiger partial charge in [-0.15, -0.1) is 5.10 Å². The Hall–Kier alpha value is -4.15. The van der Waals surface area contributed by atoms with Gasteiger partial charge in [-0.05, 0) is 25.5 Å². The van der Waals surface area contributed by atoms with Crippen LogP contribution in [-0.2, 0) is 6.42 Å². The molecule has 0 unspecified atom stereocenters. The number of nitrogens with zero attached hydrogens (tertiary/aromatic N) is 9. The Bertz CT molecular complexity index is 1240. The number of hydrazone groups is 1. The second-order valence-electron chi connectivity index (χ2n) is 7.23. The molecule has 0 spiro atoms. The van der Waals surface area contributed by atoms with Gasteiger partial charge in [0.25, 0.3) is 5.89 Å². The summed E-state index contributed by atoms with van der Waals surface area (Å²) in [6.45, 7) is 4.42. The third-order valence-corrected chi connectivity index (χ3v) is 5.33. The highest BCUT2D eigenvalue weighted by Crippen LogP contribution is 2.33. The predicted molar refractivity (Wildman–Crippen MR) is 115 cm³/mol. The zero-order valence-electron chi connectivity index (χ0n) is 17.5. The highest BCUT2D eigenvalue weighted by Gasteiger charge is 2.34. The van der Waals surface area contributed by atoms with Gasteiger partial charge in [-0.1, -0.05) is 21.7 Å². The average Bonchev–Trinajstić information content (AvgIpc) is 3.45. The molecule has 32 heavy (non-hydrogen) atoms. The molecular weight excluding hydrogens is 413 g/mol. The molecule has 2 aliphatic rings. The van der Waals surface area contributed by atoms with Gasteiger partial charge in [-0.2, -0.15) is 9.89 Å². The number of aromatic nitrogens is 6. The molecule has 10 nitrogen and oxygen atoms in total. The summed E-state index contributed by atoms with van der Waals surface area (Å²) in [6.07, 6.45) is 15.8. The summed E-state index contributed by atoms with van der Waals surface area (Å²) in [6, 6.07) is -0.221. The van der Waals surface area contributed by atoms with E-state index in [2.05, 4.69) is 30.3 Å². The van der Waals surface area contributed by atoms with Crippen molar-refractivity contribution < 1.29 is 8.90 Å². The molecule has 0 saturated carbocycles. The first-order valence-corrected chi connectivity index (χ1v) is 10.1. The van der Waals surface area contributed by atoms with Crippen molar-refractivity contribution in [3.8, 4) is 11.6 Å². The highest BCUT2D eigenvalue weighted by molar-refractivity contribution is 5.72. The van der Waals surface area contributed by atoms with Crippen molar-refractivity contribution in [1.82, 2.24) is 34.9 Å². The van der Waals surface area contributed by atoms with Crippen LogP contribution in [0.2, 0.25) is 0 Å². The molecule has 0 saturated heterocycles. The molecule has 11 heteroatoms. The monoisotopic (exact) mass is 433 g/mol. The fourth-order valence-corrected chi connectivity index (χ4v) is 3.78. The SMILES string of the molecule is C/C=C1/C(C)=CC=CN1/N=C/[C@H]1c2ncn(F)c2CCN1c1nnc(-c2cnccn2)o1. The van der Waals surface area contributed by atoms with Crippen LogP contribution >= 0.6 is 0 Å². The Balaban J connectivity index is 1.49. The number of allylic oxidation sites excluding steroid dienone is 4. The zero-order valence-corrected chi connectivity index (χ0v) is 17.5. The first-order valence-electron chi connectivity index (χ1n) is 10.1. The van der Waals surface area contributed by atoms with Gasteiger partial charge in [0.05, 0.1) is 29.5 Å². The molecule has 0 bridgehead atoms. The van der Waals surface area contributed by atoms with E-state index < -0.39 is 6.04 Å². The van der Waals surface area contributed by atoms with Crippen LogP contribution in [0, 0.1) is 0 Å². The zero-order chi connectivity index (χ0) is 22.1. The normalized spacial score (nSPS) is 19.7. The molecule has 162 valence electrons. The lowest BCUT2D eigenvalue weighted by molar-refractivity contribution is 0.348. The lowest BCUT2D eigenvalue weighted by Gasteiger charge is -2.31. The maximum atomic E-state index is 14.2. The Labute approximate surface area is 183 Å². The van der Waals surface area contributed by atoms with Gasteiger partial charge in [0.15, 0.2) is 0 Å². The van der Waals surface area contributed by atoms with Gasteiger partial charge in [0, 0.05) is 31.6 Å². The third-order valence-electron chi connectivity index (χ3n) is 5.33. The van der Waals surface area contributed by atoms with E-state index in [9.17, 15) is 4.48 Å². The molecule has 0 aliphatic carbocycles. The van der Waals surface area contributed by atoms with E-state index >= 15 is 0 Å². The second-order valence-corrected chi connectivity index (χ2v) is 7.23. The standard InChI is InChI=1S/C21H20FN9O/c1-3-16-14(2)5-4-9-31(16)26-12-18-19-17(30(22)13-25-19)6-10-29(18)21-28-27-20(32-21)15-11-23-7-8-24-15/h3-5,7-9,11-13,18H,6,10H2,1-2H3/b16-3-,26-12+/t18-/m0/s1. The number of hydrogen-bond acceptors (Lipinski definition) is 9. The Kier molecular flexibility index (Phi) is 5.06. The fourth-order valence-electron chi connectivity index (χ4n) is 3.78. The van der Waals surface area contributed by atoms with Crippen molar-refractivity contribution in [1.29, 1.82) is 0 Å². The van der Waals surface area contributed by atoms with E-state index in [1.807, 2.05) is 43.2 Å². The van der Waals surface area contributed by atoms with E-state index in [0.29, 0.717) is 34.8 Å². The molecule has 3 aromatic rings. The summed E-state index contributed by atoms with van der Waals surface area (Å²) in [5.41, 5.74) is 3.58. The number of hydrogen-bond donors (Lipinski definition) is 0. The van der Waals surface area contributed by atoms with Crippen LogP contribution in [0.4, 0.5) is 10.5 Å². The Morgan fingerprint density at radius 3 is 2.97 bits per heavy atom. The van der Waals surface area contributed by atoms with Crippen LogP contribution in [0.1, 0.15) is 31.3 Å². The minimum absolute atomic E-state index is 0.251. The van der Waals surface area contributed by atoms with Crippen LogP contribution in [0.25, 0.3) is 11.6 Å². The number of imidazole rings is 1. The number of rotatable bonds is 4. The predicted octanol–water partition coefficient (Wildman–Crippen LogP) is 3.22. The lowest BCUT2D eigenvalue weighted by atomic mass is 10.0. The highest BCUT2D eigenvalue weighted by atomic mass is 19.2. The van der Waals surface area contributed by atoms with E-state index in [1.54, 1.807) is 29.8 Å². The van der Waals surface area contributed by atoms with E-state index in [4.69, 9.17) is 4.42 Å². The van der Waals surface area contributed by atoms with Crippen molar-refractivity contribution in [3.05, 3.63) is 72.0 Å². The topological polar surface area (TPSA) is 101 Å². The lowest BCUT2D eigenvalue weighted by Crippen LogP contribution is -2.37. The minimum atomic E-state index is -0.497. The van der Waals surface area contributed by atoms with Crippen LogP contribution in [0.15, 0.2) is 70.1 Å². The maximum Gasteiger partial charge on any atom is 0.319 e. The van der Waals surface area contributed by atoms with Gasteiger partial charge in [-0.25, -0.2) is 15.0 Å². The fraction of sp³-hybridized carbons (Fsp3) is 0.238. The largest absolute Gasteiger partial charge is 0.401 e. The Morgan fingerprint density at radius 2 is 2.16 bits per heavy atom. The van der Waals surface area contributed by atoms with Crippen molar-refractivity contribution >= 4 is 12.2 Å². The number of halogens is 1. The van der Waals surface area contributed by atoms with Crippen molar-refractivity contribution in [2.45, 2.75) is 26.3 Å². The summed E-state index contributed by atoms with van der Waals surface area (Å²) < 4.78 is 20.1. The van der Waals surface area contributed by atoms with Crippen LogP contribution in [0.5, 0.6) is 0 Å². The van der Waals surface area contributed by atoms with Crippen LogP contribution < -0.4 is 4.90 Å². The van der Waals surface area contributed by atoms with Crippen LogP contribution in [-0.4, -0.2) is 47.7 Å². The van der Waals surface area contributed by atoms with Crippen LogP contribution in [0.3, 0.4) is 0 Å². The summed E-state index contributed by atoms with van der Waals surface area (Å²) in [5, 5.41) is 14.7. The molecule has 0 aromatic carbocycles. The van der Waals surface area contributed by atoms with Gasteiger partial charge < -0.3 is 9.32 Å². The summed E-state index contributed by atoms with van der Waals surface area (Å²) in [5.74, 6) is 0.251. The Morgan fingerprint density at radius 1 is 1.25 bits per heavy atom. The minimum Gasteiger partial charge on any atom is -0.401 e. The molecule has 0 fully saturated rings. The molecule has 2 aliphatic heterocycles. The third kappa shape index (κ3) is 3.47. The average molecular weight is 433 g/mol. The van der Waals surface area contributed by atoms with Gasteiger partial charge >= 0.3 is 6.01 Å². The molecule has 5 heterocycles. The van der Waals surface area contributed by atoms with Gasteiger partial charge in [-0.3, -0.25) is 4.98 Å². The molecular formula is C21H20FN9O. The number of anilines is 1. The van der Waals surface area contributed by atoms with E-state index in [-0.39, 0.29) is 11.9 Å². The summed E-state index contributed by atoms with van der Waals surface area (Å²) in [7, 11) is 0. The smallest absolute Gasteiger partial charge is 0.319 e. The van der Waals surface area contributed by atoms with Crippen molar-refractivity contribution in [3.63, 3.8) is 0 Å². The number of fused-ring (bicyclic) bond motifs is 1. The van der Waals surface area contributed by atoms with E-state index in [1.165, 1.54) is 6.33 Å². The van der Waals surface area contributed by atoms with Gasteiger partial charge in [0.1, 0.15) is 18.1 Å². The quantitative estimate of drug-likeness (QED) is 0.578. The van der Waals surface area contributed by atoms with Crippen molar-refractivity contribution in [2.24, 2.45) is 5.10 Å². The first-order chi connectivity index (χ1) is 15.7. The molecule has 0 N–H and O–H groups in total. The second kappa shape index (κ2) is 8.17. The molecule has 0 amide bonds. The maximum absolute atomic E-state index is 14.2. The van der Waals surface area contributed by atoms with E-state index in [0.717, 1.165) is 11.3 Å². The molecule has 3 aromatic heterocycles. The molecule has 5 rings (SSSR count). The van der Waals surface area contributed by atoms with Gasteiger partial charge in [0.2, 0.25) is 0 Å². The molecule has 0 radical (unpaired) electrons. The first kappa shape index (κ1) is 19.8. The van der Waals surface area contributed by atoms with Crippen molar-refractivity contribution in [2.75, 3.05) is 11.4 Å². The summed E-state index contributed by atoms with van der Waals surface area (Å²) in [4.78, 5) is 14.9. The summed E-state index contributed by atoms with van der Waals surface area (Å²) >= 11 is 0.